The van der Waals surface area contributed by atoms with Gasteiger partial charge in [0, 0.05) is 35.4 Å². The van der Waals surface area contributed by atoms with Crippen molar-refractivity contribution in [2.45, 2.75) is 12.5 Å². The number of carbonyl (C=O) groups excluding carboxylic acids is 1. The summed E-state index contributed by atoms with van der Waals surface area (Å²) in [6.07, 6.45) is 3.80. The lowest BCUT2D eigenvalue weighted by atomic mass is 10.1. The van der Waals surface area contributed by atoms with Crippen molar-refractivity contribution in [3.63, 3.8) is 0 Å². The number of amides is 1. The molecule has 2 aromatic carbocycles. The second kappa shape index (κ2) is 8.59. The van der Waals surface area contributed by atoms with Gasteiger partial charge in [-0.25, -0.2) is 9.97 Å². The van der Waals surface area contributed by atoms with E-state index in [-0.39, 0.29) is 18.4 Å². The van der Waals surface area contributed by atoms with Gasteiger partial charge in [0.05, 0.1) is 12.1 Å². The molecule has 0 saturated carbocycles. The molecule has 5 nitrogen and oxygen atoms in total. The van der Waals surface area contributed by atoms with Crippen LogP contribution in [0.25, 0.3) is 10.6 Å². The zero-order valence-electron chi connectivity index (χ0n) is 15.7. The van der Waals surface area contributed by atoms with Crippen molar-refractivity contribution in [3.05, 3.63) is 94.5 Å². The first-order valence-corrected chi connectivity index (χ1v) is 10.4. The number of carbonyl (C=O) groups is 1. The van der Waals surface area contributed by atoms with Gasteiger partial charge < -0.3 is 9.88 Å². The number of aromatic nitrogens is 3. The first-order chi connectivity index (χ1) is 14.1. The molecule has 0 aliphatic rings. The number of hydrogen-bond acceptors (Lipinski definition) is 4. The lowest BCUT2D eigenvalue weighted by Crippen LogP contribution is -2.32. The summed E-state index contributed by atoms with van der Waals surface area (Å²) in [5, 5.41) is 6.53. The number of aryl methyl sites for hydroxylation is 1. The summed E-state index contributed by atoms with van der Waals surface area (Å²) >= 11 is 7.57. The van der Waals surface area contributed by atoms with Crippen LogP contribution >= 0.6 is 22.9 Å². The first kappa shape index (κ1) is 19.4. The molecule has 2 heterocycles. The maximum Gasteiger partial charge on any atom is 0.226 e. The third kappa shape index (κ3) is 4.55. The lowest BCUT2D eigenvalue weighted by molar-refractivity contribution is -0.121. The van der Waals surface area contributed by atoms with E-state index in [1.807, 2.05) is 77.8 Å². The highest BCUT2D eigenvalue weighted by molar-refractivity contribution is 7.13. The highest BCUT2D eigenvalue weighted by atomic mass is 35.5. The lowest BCUT2D eigenvalue weighted by Gasteiger charge is -2.19. The number of imidazole rings is 1. The third-order valence-electron chi connectivity index (χ3n) is 4.52. The topological polar surface area (TPSA) is 59.8 Å². The average molecular weight is 423 g/mol. The molecule has 2 aromatic heterocycles. The third-order valence-corrected chi connectivity index (χ3v) is 5.70. The molecule has 0 aliphatic carbocycles. The van der Waals surface area contributed by atoms with Crippen LogP contribution in [0, 0.1) is 0 Å². The number of hydrogen-bond donors (Lipinski definition) is 1. The fraction of sp³-hybridized carbons (Fsp3) is 0.136. The first-order valence-electron chi connectivity index (χ1n) is 9.12. The van der Waals surface area contributed by atoms with Crippen LogP contribution in [0.1, 0.15) is 23.1 Å². The van der Waals surface area contributed by atoms with Crippen LogP contribution < -0.4 is 5.32 Å². The minimum absolute atomic E-state index is 0.107. The van der Waals surface area contributed by atoms with Crippen LogP contribution in [0.4, 0.5) is 0 Å². The number of thiazole rings is 1. The predicted octanol–water partition coefficient (Wildman–Crippen LogP) is 4.65. The Morgan fingerprint density at radius 2 is 2.03 bits per heavy atom. The largest absolute Gasteiger partial charge is 0.342 e. The van der Waals surface area contributed by atoms with E-state index < -0.39 is 0 Å². The zero-order chi connectivity index (χ0) is 20.2. The van der Waals surface area contributed by atoms with Crippen molar-refractivity contribution in [1.82, 2.24) is 19.9 Å². The van der Waals surface area contributed by atoms with Gasteiger partial charge in [-0.05, 0) is 17.7 Å². The molecule has 29 heavy (non-hydrogen) atoms. The Balaban J connectivity index is 1.51. The number of halogens is 1. The standard InChI is InChI=1S/C22H19ClN4OS/c1-27-11-10-24-21(27)20(15-6-3-2-4-7-15)26-19(28)13-18-14-29-22(25-18)16-8-5-9-17(23)12-16/h2-12,14,20H,13H2,1H3,(H,26,28)/t20-/m0/s1. The molecule has 0 bridgehead atoms. The summed E-state index contributed by atoms with van der Waals surface area (Å²) in [6.45, 7) is 0. The van der Waals surface area contributed by atoms with Crippen LogP contribution in [0.3, 0.4) is 0 Å². The monoisotopic (exact) mass is 422 g/mol. The Labute approximate surface area is 178 Å². The Kier molecular flexibility index (Phi) is 5.74. The van der Waals surface area contributed by atoms with Crippen molar-refractivity contribution >= 4 is 28.8 Å². The van der Waals surface area contributed by atoms with Gasteiger partial charge >= 0.3 is 0 Å². The minimum Gasteiger partial charge on any atom is -0.342 e. The molecule has 1 N–H and O–H groups in total. The van der Waals surface area contributed by atoms with E-state index in [0.717, 1.165) is 27.7 Å². The molecule has 1 amide bonds. The highest BCUT2D eigenvalue weighted by Crippen LogP contribution is 2.26. The quantitative estimate of drug-likeness (QED) is 0.492. The summed E-state index contributed by atoms with van der Waals surface area (Å²) < 4.78 is 1.91. The Hall–Kier alpha value is -2.96. The molecule has 1 atom stereocenters. The second-order valence-electron chi connectivity index (χ2n) is 6.64. The molecule has 0 radical (unpaired) electrons. The SMILES string of the molecule is Cn1ccnc1[C@@H](NC(=O)Cc1csc(-c2cccc(Cl)c2)n1)c1ccccc1. The Morgan fingerprint density at radius 1 is 1.21 bits per heavy atom. The molecular formula is C22H19ClN4OS. The molecule has 0 aliphatic heterocycles. The fourth-order valence-corrected chi connectivity index (χ4v) is 4.12. The van der Waals surface area contributed by atoms with Crippen LogP contribution in [0.15, 0.2) is 72.4 Å². The maximum absolute atomic E-state index is 12.8. The number of rotatable bonds is 6. The molecule has 4 rings (SSSR count). The van der Waals surface area contributed by atoms with Gasteiger partial charge in [-0.3, -0.25) is 4.79 Å². The van der Waals surface area contributed by atoms with Crippen molar-refractivity contribution in [1.29, 1.82) is 0 Å². The van der Waals surface area contributed by atoms with Gasteiger partial charge in [-0.2, -0.15) is 0 Å². The summed E-state index contributed by atoms with van der Waals surface area (Å²) in [4.78, 5) is 21.8. The van der Waals surface area contributed by atoms with Gasteiger partial charge in [0.1, 0.15) is 16.9 Å². The van der Waals surface area contributed by atoms with E-state index in [4.69, 9.17) is 11.6 Å². The van der Waals surface area contributed by atoms with Gasteiger partial charge in [0.25, 0.3) is 0 Å². The van der Waals surface area contributed by atoms with Gasteiger partial charge in [0.15, 0.2) is 0 Å². The van der Waals surface area contributed by atoms with Crippen LogP contribution in [-0.2, 0) is 18.3 Å². The van der Waals surface area contributed by atoms with Gasteiger partial charge in [-0.15, -0.1) is 11.3 Å². The molecule has 4 aromatic rings. The van der Waals surface area contributed by atoms with Gasteiger partial charge in [-0.1, -0.05) is 54.1 Å². The predicted molar refractivity (Wildman–Crippen MR) is 116 cm³/mol. The number of benzene rings is 2. The average Bonchev–Trinajstić information content (AvgIpc) is 3.36. The molecule has 0 unspecified atom stereocenters. The summed E-state index contributed by atoms with van der Waals surface area (Å²) in [5.74, 6) is 0.673. The van der Waals surface area contributed by atoms with E-state index >= 15 is 0 Å². The smallest absolute Gasteiger partial charge is 0.226 e. The van der Waals surface area contributed by atoms with Crippen LogP contribution in [0.2, 0.25) is 5.02 Å². The molecule has 146 valence electrons. The molecule has 0 saturated heterocycles. The van der Waals surface area contributed by atoms with E-state index in [1.54, 1.807) is 6.20 Å². The van der Waals surface area contributed by atoms with E-state index in [0.29, 0.717) is 5.02 Å². The van der Waals surface area contributed by atoms with Crippen LogP contribution in [0.5, 0.6) is 0 Å². The molecule has 0 fully saturated rings. The normalized spacial score (nSPS) is 11.9. The Morgan fingerprint density at radius 3 is 2.76 bits per heavy atom. The summed E-state index contributed by atoms with van der Waals surface area (Å²) in [5.41, 5.74) is 2.66. The van der Waals surface area contributed by atoms with E-state index in [2.05, 4.69) is 15.3 Å². The zero-order valence-corrected chi connectivity index (χ0v) is 17.3. The fourth-order valence-electron chi connectivity index (χ4n) is 3.12. The van der Waals surface area contributed by atoms with Crippen molar-refractivity contribution in [3.8, 4) is 10.6 Å². The van der Waals surface area contributed by atoms with E-state index in [1.165, 1.54) is 11.3 Å². The second-order valence-corrected chi connectivity index (χ2v) is 7.93. The maximum atomic E-state index is 12.8. The van der Waals surface area contributed by atoms with Crippen molar-refractivity contribution < 1.29 is 4.79 Å². The van der Waals surface area contributed by atoms with Crippen molar-refractivity contribution in [2.24, 2.45) is 7.05 Å². The molecule has 0 spiro atoms. The molecular weight excluding hydrogens is 404 g/mol. The van der Waals surface area contributed by atoms with E-state index in [9.17, 15) is 4.79 Å². The summed E-state index contributed by atoms with van der Waals surface area (Å²) in [7, 11) is 1.92. The Bertz CT molecular complexity index is 1120. The molecule has 7 heteroatoms. The number of nitrogens with one attached hydrogen (secondary N) is 1. The number of nitrogens with zero attached hydrogens (tertiary/aromatic N) is 3. The van der Waals surface area contributed by atoms with Crippen LogP contribution in [-0.4, -0.2) is 20.4 Å². The highest BCUT2D eigenvalue weighted by Gasteiger charge is 2.21. The minimum atomic E-state index is -0.324. The summed E-state index contributed by atoms with van der Waals surface area (Å²) in [6, 6.07) is 17.1. The van der Waals surface area contributed by atoms with Gasteiger partial charge in [0.2, 0.25) is 5.91 Å². The van der Waals surface area contributed by atoms with Crippen molar-refractivity contribution in [2.75, 3.05) is 0 Å².